The van der Waals surface area contributed by atoms with Crippen LogP contribution in [0.2, 0.25) is 0 Å². The second kappa shape index (κ2) is 8.02. The van der Waals surface area contributed by atoms with Crippen molar-refractivity contribution in [1.82, 2.24) is 24.4 Å². The molecule has 1 amide bonds. The average molecular weight is 410 g/mol. The lowest BCUT2D eigenvalue weighted by Crippen LogP contribution is -2.38. The summed E-state index contributed by atoms with van der Waals surface area (Å²) in [6, 6.07) is 1.99. The van der Waals surface area contributed by atoms with Crippen LogP contribution in [0.4, 0.5) is 0 Å². The van der Waals surface area contributed by atoms with Gasteiger partial charge in [-0.1, -0.05) is 19.1 Å². The van der Waals surface area contributed by atoms with Crippen LogP contribution in [0.1, 0.15) is 68.4 Å². The molecule has 0 unspecified atom stereocenters. The molecule has 1 fully saturated rings. The van der Waals surface area contributed by atoms with E-state index in [0.717, 1.165) is 68.8 Å². The first-order chi connectivity index (χ1) is 14.6. The van der Waals surface area contributed by atoms with E-state index in [4.69, 9.17) is 4.98 Å². The highest BCUT2D eigenvalue weighted by Gasteiger charge is 2.31. The molecule has 5 rings (SSSR count). The number of aromatic nitrogens is 3. The summed E-state index contributed by atoms with van der Waals surface area (Å²) in [4.78, 5) is 34.7. The number of amides is 1. The molecular weight excluding hydrogens is 378 g/mol. The van der Waals surface area contributed by atoms with Crippen molar-refractivity contribution in [3.8, 4) is 0 Å². The Labute approximate surface area is 176 Å². The smallest absolute Gasteiger partial charge is 0.276 e. The van der Waals surface area contributed by atoms with Crippen molar-refractivity contribution in [2.45, 2.75) is 64.5 Å². The lowest BCUT2D eigenvalue weighted by molar-refractivity contribution is -0.131. The topological polar surface area (TPSA) is 73.7 Å². The molecule has 0 spiro atoms. The molecule has 2 atom stereocenters. The zero-order valence-corrected chi connectivity index (χ0v) is 17.8. The molecule has 0 bridgehead atoms. The Morgan fingerprint density at radius 2 is 2.17 bits per heavy atom. The zero-order chi connectivity index (χ0) is 20.7. The lowest BCUT2D eigenvalue weighted by Gasteiger charge is -2.31. The van der Waals surface area contributed by atoms with Crippen LogP contribution in [-0.2, 0) is 17.8 Å². The van der Waals surface area contributed by atoms with E-state index >= 15 is 0 Å². The van der Waals surface area contributed by atoms with Gasteiger partial charge in [0.1, 0.15) is 0 Å². The number of H-pyrrole nitrogens is 1. The maximum absolute atomic E-state index is 13.2. The lowest BCUT2D eigenvalue weighted by atomic mass is 9.93. The number of carbonyl (C=O) groups is 1. The molecule has 1 saturated heterocycles. The molecule has 30 heavy (non-hydrogen) atoms. The fourth-order valence-electron chi connectivity index (χ4n) is 5.37. The first-order valence-corrected chi connectivity index (χ1v) is 11.4. The number of allylic oxidation sites excluding steroid dienone is 2. The maximum atomic E-state index is 13.2. The van der Waals surface area contributed by atoms with E-state index in [0.29, 0.717) is 18.0 Å². The van der Waals surface area contributed by atoms with Gasteiger partial charge in [-0.25, -0.2) is 9.50 Å². The summed E-state index contributed by atoms with van der Waals surface area (Å²) in [7, 11) is 0. The quantitative estimate of drug-likeness (QED) is 0.788. The van der Waals surface area contributed by atoms with Gasteiger partial charge in [-0.15, -0.1) is 0 Å². The van der Waals surface area contributed by atoms with Crippen LogP contribution in [0.15, 0.2) is 23.0 Å². The number of hydrogen-bond acceptors (Lipinski definition) is 4. The number of carbonyl (C=O) groups excluding carboxylic acids is 1. The number of likely N-dealkylation sites (tertiary alicyclic amines) is 1. The zero-order valence-electron chi connectivity index (χ0n) is 17.8. The van der Waals surface area contributed by atoms with Crippen molar-refractivity contribution in [2.24, 2.45) is 5.92 Å². The number of hydrogen-bond donors (Lipinski definition) is 1. The van der Waals surface area contributed by atoms with E-state index in [9.17, 15) is 9.59 Å². The van der Waals surface area contributed by atoms with Gasteiger partial charge in [0.05, 0.1) is 17.4 Å². The number of nitrogens with one attached hydrogen (secondary N) is 1. The molecule has 7 nitrogen and oxygen atoms in total. The molecule has 2 aromatic rings. The average Bonchev–Trinajstić information content (AvgIpc) is 3.41. The minimum absolute atomic E-state index is 0.0198. The molecule has 4 heterocycles. The SMILES string of the molecule is CCC(=O)N1CCC[C@@H]1c1cc2nc3c(c(=O)n2[nH]1)CCN(C[C@@H]1CC=CCC1)C3. The minimum atomic E-state index is 0.0198. The Morgan fingerprint density at radius 1 is 1.27 bits per heavy atom. The molecule has 1 N–H and O–H groups in total. The molecule has 1 aliphatic carbocycles. The van der Waals surface area contributed by atoms with E-state index in [2.05, 4.69) is 22.2 Å². The van der Waals surface area contributed by atoms with Gasteiger partial charge in [0.25, 0.3) is 5.56 Å². The molecule has 0 radical (unpaired) electrons. The van der Waals surface area contributed by atoms with Crippen molar-refractivity contribution >= 4 is 11.6 Å². The van der Waals surface area contributed by atoms with Gasteiger partial charge in [0.2, 0.25) is 5.91 Å². The molecule has 0 aromatic carbocycles. The van der Waals surface area contributed by atoms with Crippen molar-refractivity contribution in [1.29, 1.82) is 0 Å². The first-order valence-electron chi connectivity index (χ1n) is 11.4. The fraction of sp³-hybridized carbons (Fsp3) is 0.609. The Kier molecular flexibility index (Phi) is 5.23. The van der Waals surface area contributed by atoms with Crippen molar-refractivity contribution in [3.63, 3.8) is 0 Å². The Morgan fingerprint density at radius 3 is 2.97 bits per heavy atom. The predicted molar refractivity (Wildman–Crippen MR) is 115 cm³/mol. The van der Waals surface area contributed by atoms with Crippen LogP contribution in [0, 0.1) is 5.92 Å². The van der Waals surface area contributed by atoms with Crippen LogP contribution >= 0.6 is 0 Å². The summed E-state index contributed by atoms with van der Waals surface area (Å²) in [6.45, 7) is 5.45. The van der Waals surface area contributed by atoms with E-state index in [1.807, 2.05) is 17.9 Å². The Bertz CT molecular complexity index is 1040. The molecule has 0 saturated carbocycles. The monoisotopic (exact) mass is 409 g/mol. The summed E-state index contributed by atoms with van der Waals surface area (Å²) < 4.78 is 1.59. The van der Waals surface area contributed by atoms with E-state index in [1.54, 1.807) is 4.52 Å². The second-order valence-electron chi connectivity index (χ2n) is 8.98. The van der Waals surface area contributed by atoms with Gasteiger partial charge in [0.15, 0.2) is 5.65 Å². The predicted octanol–water partition coefficient (Wildman–Crippen LogP) is 2.81. The largest absolute Gasteiger partial charge is 0.334 e. The number of aromatic amines is 1. The minimum Gasteiger partial charge on any atom is -0.334 e. The van der Waals surface area contributed by atoms with Gasteiger partial charge in [-0.2, -0.15) is 0 Å². The highest BCUT2D eigenvalue weighted by molar-refractivity contribution is 5.76. The van der Waals surface area contributed by atoms with Gasteiger partial charge in [-0.05, 0) is 44.4 Å². The second-order valence-corrected chi connectivity index (χ2v) is 8.98. The third-order valence-electron chi connectivity index (χ3n) is 6.99. The molecule has 2 aromatic heterocycles. The summed E-state index contributed by atoms with van der Waals surface area (Å²) in [5, 5.41) is 3.27. The normalized spacial score (nSPS) is 24.5. The van der Waals surface area contributed by atoms with Crippen LogP contribution in [0.5, 0.6) is 0 Å². The van der Waals surface area contributed by atoms with Gasteiger partial charge < -0.3 is 4.90 Å². The van der Waals surface area contributed by atoms with Crippen molar-refractivity contribution in [3.05, 3.63) is 45.5 Å². The standard InChI is InChI=1S/C23H31N5O2/c1-2-22(29)27-11-6-9-20(27)18-13-21-24-19-15-26(14-16-7-4-3-5-8-16)12-10-17(19)23(30)28(21)25-18/h3-4,13,16,20,25H,2,5-12,14-15H2,1H3/t16-,20-/m1/s1. The van der Waals surface area contributed by atoms with Crippen LogP contribution in [-0.4, -0.2) is 49.9 Å². The molecular formula is C23H31N5O2. The number of nitrogens with zero attached hydrogens (tertiary/aromatic N) is 4. The third-order valence-corrected chi connectivity index (χ3v) is 6.99. The van der Waals surface area contributed by atoms with E-state index in [-0.39, 0.29) is 17.5 Å². The molecule has 3 aliphatic rings. The van der Waals surface area contributed by atoms with Gasteiger partial charge >= 0.3 is 0 Å². The Hall–Kier alpha value is -2.41. The fourth-order valence-corrected chi connectivity index (χ4v) is 5.37. The number of fused-ring (bicyclic) bond motifs is 2. The molecule has 7 heteroatoms. The van der Waals surface area contributed by atoms with Crippen LogP contribution < -0.4 is 5.56 Å². The summed E-state index contributed by atoms with van der Waals surface area (Å²) in [6.07, 6.45) is 11.4. The van der Waals surface area contributed by atoms with Crippen LogP contribution in [0.3, 0.4) is 0 Å². The van der Waals surface area contributed by atoms with Crippen molar-refractivity contribution in [2.75, 3.05) is 19.6 Å². The van der Waals surface area contributed by atoms with E-state index in [1.165, 1.54) is 12.8 Å². The highest BCUT2D eigenvalue weighted by atomic mass is 16.2. The third kappa shape index (κ3) is 3.49. The number of rotatable bonds is 4. The van der Waals surface area contributed by atoms with Gasteiger partial charge in [0, 0.05) is 44.2 Å². The summed E-state index contributed by atoms with van der Waals surface area (Å²) in [5.41, 5.74) is 3.39. The highest BCUT2D eigenvalue weighted by Crippen LogP contribution is 2.32. The van der Waals surface area contributed by atoms with Crippen molar-refractivity contribution < 1.29 is 4.79 Å². The summed E-state index contributed by atoms with van der Waals surface area (Å²) in [5.74, 6) is 0.883. The maximum Gasteiger partial charge on any atom is 0.276 e. The molecule has 160 valence electrons. The summed E-state index contributed by atoms with van der Waals surface area (Å²) >= 11 is 0. The Balaban J connectivity index is 1.41. The van der Waals surface area contributed by atoms with Crippen LogP contribution in [0.25, 0.3) is 5.65 Å². The molecule has 2 aliphatic heterocycles. The van der Waals surface area contributed by atoms with E-state index < -0.39 is 0 Å². The first kappa shape index (κ1) is 19.5. The van der Waals surface area contributed by atoms with Gasteiger partial charge in [-0.3, -0.25) is 19.6 Å².